The van der Waals surface area contributed by atoms with Crippen LogP contribution in [0, 0.1) is 17.8 Å². The van der Waals surface area contributed by atoms with Gasteiger partial charge in [0, 0.05) is 30.7 Å². The van der Waals surface area contributed by atoms with Crippen molar-refractivity contribution in [1.29, 1.82) is 0 Å². The Hall–Kier alpha value is -0.0800. The molecule has 0 amide bonds. The van der Waals surface area contributed by atoms with E-state index in [4.69, 9.17) is 0 Å². The van der Waals surface area contributed by atoms with E-state index in [1.807, 2.05) is 0 Å². The van der Waals surface area contributed by atoms with Gasteiger partial charge < -0.3 is 5.32 Å². The average Bonchev–Trinajstić information content (AvgIpc) is 2.46. The molecule has 1 aliphatic carbocycles. The lowest BCUT2D eigenvalue weighted by Gasteiger charge is -2.54. The van der Waals surface area contributed by atoms with Crippen LogP contribution in [0.4, 0.5) is 0 Å². The second-order valence-corrected chi connectivity index (χ2v) is 8.31. The molecule has 0 aromatic carbocycles. The van der Waals surface area contributed by atoms with E-state index >= 15 is 0 Å². The molecule has 0 spiro atoms. The molecule has 1 aliphatic heterocycles. The lowest BCUT2D eigenvalue weighted by molar-refractivity contribution is -0.0188. The summed E-state index contributed by atoms with van der Waals surface area (Å²) in [6, 6.07) is 1.53. The van der Waals surface area contributed by atoms with Crippen molar-refractivity contribution in [3.63, 3.8) is 0 Å². The van der Waals surface area contributed by atoms with Crippen molar-refractivity contribution in [3.05, 3.63) is 0 Å². The molecule has 2 nitrogen and oxygen atoms in total. The van der Waals surface area contributed by atoms with E-state index in [9.17, 15) is 0 Å². The largest absolute Gasteiger partial charge is 0.308 e. The van der Waals surface area contributed by atoms with E-state index in [0.29, 0.717) is 5.54 Å². The molecular weight excluding hydrogens is 256 g/mol. The summed E-state index contributed by atoms with van der Waals surface area (Å²) in [5.41, 5.74) is 0.355. The Morgan fingerprint density at radius 3 is 2.33 bits per heavy atom. The molecule has 1 heterocycles. The van der Waals surface area contributed by atoms with E-state index in [-0.39, 0.29) is 0 Å². The van der Waals surface area contributed by atoms with E-state index in [1.165, 1.54) is 45.2 Å². The Kier molecular flexibility index (Phi) is 5.76. The van der Waals surface area contributed by atoms with E-state index < -0.39 is 0 Å². The predicted octanol–water partition coefficient (Wildman–Crippen LogP) is 4.30. The highest BCUT2D eigenvalue weighted by molar-refractivity contribution is 5.01. The van der Waals surface area contributed by atoms with Gasteiger partial charge in [-0.2, -0.15) is 0 Å². The van der Waals surface area contributed by atoms with Crippen molar-refractivity contribution >= 4 is 0 Å². The molecule has 0 aromatic rings. The maximum absolute atomic E-state index is 3.91. The van der Waals surface area contributed by atoms with Crippen LogP contribution in [-0.4, -0.2) is 35.6 Å². The van der Waals surface area contributed by atoms with Gasteiger partial charge in [-0.15, -0.1) is 0 Å². The second-order valence-electron chi connectivity index (χ2n) is 8.31. The molecule has 2 heteroatoms. The zero-order chi connectivity index (χ0) is 15.6. The third-order valence-corrected chi connectivity index (χ3v) is 6.53. The summed E-state index contributed by atoms with van der Waals surface area (Å²) >= 11 is 0. The van der Waals surface area contributed by atoms with Gasteiger partial charge in [-0.25, -0.2) is 0 Å². The minimum Gasteiger partial charge on any atom is -0.308 e. The Balaban J connectivity index is 2.17. The lowest BCUT2D eigenvalue weighted by atomic mass is 9.76. The van der Waals surface area contributed by atoms with Crippen LogP contribution in [-0.2, 0) is 0 Å². The van der Waals surface area contributed by atoms with Crippen molar-refractivity contribution in [2.24, 2.45) is 17.8 Å². The molecule has 0 radical (unpaired) electrons. The van der Waals surface area contributed by atoms with Gasteiger partial charge in [-0.1, -0.05) is 41.5 Å². The van der Waals surface area contributed by atoms with E-state index in [2.05, 4.69) is 51.8 Å². The molecule has 4 atom stereocenters. The van der Waals surface area contributed by atoms with Gasteiger partial charge >= 0.3 is 0 Å². The number of nitrogens with one attached hydrogen (secondary N) is 1. The fraction of sp³-hybridized carbons (Fsp3) is 1.00. The van der Waals surface area contributed by atoms with Crippen LogP contribution < -0.4 is 5.32 Å². The predicted molar refractivity (Wildman–Crippen MR) is 92.6 cm³/mol. The molecule has 0 bridgehead atoms. The minimum absolute atomic E-state index is 0.355. The fourth-order valence-electron chi connectivity index (χ4n) is 4.81. The van der Waals surface area contributed by atoms with Crippen LogP contribution >= 0.6 is 0 Å². The minimum atomic E-state index is 0.355. The Morgan fingerprint density at radius 2 is 1.81 bits per heavy atom. The van der Waals surface area contributed by atoms with Crippen molar-refractivity contribution < 1.29 is 0 Å². The monoisotopic (exact) mass is 294 g/mol. The first-order valence-corrected chi connectivity index (χ1v) is 9.43. The lowest BCUT2D eigenvalue weighted by Crippen LogP contribution is -2.68. The molecule has 4 unspecified atom stereocenters. The molecule has 124 valence electrons. The van der Waals surface area contributed by atoms with Crippen molar-refractivity contribution in [1.82, 2.24) is 10.2 Å². The first-order valence-electron chi connectivity index (χ1n) is 9.43. The Morgan fingerprint density at radius 1 is 1.14 bits per heavy atom. The molecule has 2 fully saturated rings. The molecule has 1 saturated carbocycles. The van der Waals surface area contributed by atoms with Crippen LogP contribution in [0.15, 0.2) is 0 Å². The van der Waals surface area contributed by atoms with Crippen LogP contribution in [0.5, 0.6) is 0 Å². The van der Waals surface area contributed by atoms with Gasteiger partial charge in [0.25, 0.3) is 0 Å². The Bertz CT molecular complexity index is 322. The van der Waals surface area contributed by atoms with Gasteiger partial charge in [0.05, 0.1) is 0 Å². The summed E-state index contributed by atoms with van der Waals surface area (Å²) in [6.45, 7) is 16.9. The Labute approximate surface area is 133 Å². The fourth-order valence-corrected chi connectivity index (χ4v) is 4.81. The first-order chi connectivity index (χ1) is 9.92. The highest BCUT2D eigenvalue weighted by Gasteiger charge is 2.42. The zero-order valence-corrected chi connectivity index (χ0v) is 15.3. The quantitative estimate of drug-likeness (QED) is 0.831. The molecule has 2 rings (SSSR count). The van der Waals surface area contributed by atoms with Gasteiger partial charge in [-0.05, 0) is 49.9 Å². The maximum Gasteiger partial charge on any atom is 0.0304 e. The van der Waals surface area contributed by atoms with Crippen molar-refractivity contribution in [2.45, 2.75) is 91.3 Å². The SMILES string of the molecule is CCC1(CC)CN(C2CCC(C)CC2C)C(C(C)C)CN1. The van der Waals surface area contributed by atoms with Gasteiger partial charge in [-0.3, -0.25) is 4.90 Å². The molecule has 1 N–H and O–H groups in total. The highest BCUT2D eigenvalue weighted by Crippen LogP contribution is 2.36. The van der Waals surface area contributed by atoms with Crippen molar-refractivity contribution in [3.8, 4) is 0 Å². The highest BCUT2D eigenvalue weighted by atomic mass is 15.3. The number of hydrogen-bond donors (Lipinski definition) is 1. The molecule has 21 heavy (non-hydrogen) atoms. The molecule has 0 aromatic heterocycles. The summed E-state index contributed by atoms with van der Waals surface area (Å²) in [4.78, 5) is 2.92. The van der Waals surface area contributed by atoms with Gasteiger partial charge in [0.15, 0.2) is 0 Å². The topological polar surface area (TPSA) is 15.3 Å². The maximum atomic E-state index is 3.91. The average molecular weight is 295 g/mol. The molecule has 2 aliphatic rings. The number of piperazine rings is 1. The van der Waals surface area contributed by atoms with Crippen LogP contribution in [0.1, 0.15) is 73.6 Å². The van der Waals surface area contributed by atoms with Gasteiger partial charge in [0.2, 0.25) is 0 Å². The number of hydrogen-bond acceptors (Lipinski definition) is 2. The summed E-state index contributed by atoms with van der Waals surface area (Å²) in [6.07, 6.45) is 6.76. The summed E-state index contributed by atoms with van der Waals surface area (Å²) < 4.78 is 0. The molecule has 1 saturated heterocycles. The standard InChI is InChI=1S/C19H38N2/c1-7-19(8-2)13-21(18(12-20-19)14(3)4)17-10-9-15(5)11-16(17)6/h14-18,20H,7-13H2,1-6H3. The van der Waals surface area contributed by atoms with Gasteiger partial charge in [0.1, 0.15) is 0 Å². The summed E-state index contributed by atoms with van der Waals surface area (Å²) in [5.74, 6) is 2.54. The third kappa shape index (κ3) is 3.64. The third-order valence-electron chi connectivity index (χ3n) is 6.53. The normalized spacial score (nSPS) is 37.9. The van der Waals surface area contributed by atoms with Crippen LogP contribution in [0.3, 0.4) is 0 Å². The molecular formula is C19H38N2. The number of rotatable bonds is 4. The van der Waals surface area contributed by atoms with Crippen LogP contribution in [0.25, 0.3) is 0 Å². The zero-order valence-electron chi connectivity index (χ0n) is 15.3. The summed E-state index contributed by atoms with van der Waals surface area (Å²) in [5, 5.41) is 3.91. The van der Waals surface area contributed by atoms with E-state index in [0.717, 1.165) is 29.8 Å². The van der Waals surface area contributed by atoms with Crippen molar-refractivity contribution in [2.75, 3.05) is 13.1 Å². The number of nitrogens with zero attached hydrogens (tertiary/aromatic N) is 1. The summed E-state index contributed by atoms with van der Waals surface area (Å²) in [7, 11) is 0. The smallest absolute Gasteiger partial charge is 0.0304 e. The first kappa shape index (κ1) is 17.3. The van der Waals surface area contributed by atoms with Crippen LogP contribution in [0.2, 0.25) is 0 Å². The van der Waals surface area contributed by atoms with E-state index in [1.54, 1.807) is 0 Å². The second kappa shape index (κ2) is 7.00.